The third-order valence-electron chi connectivity index (χ3n) is 3.82. The predicted octanol–water partition coefficient (Wildman–Crippen LogP) is 5.23. The fourth-order valence-corrected chi connectivity index (χ4v) is 2.64. The lowest BCUT2D eigenvalue weighted by Gasteiger charge is -2.14. The van der Waals surface area contributed by atoms with Crippen molar-refractivity contribution in [3.63, 3.8) is 0 Å². The van der Waals surface area contributed by atoms with Gasteiger partial charge in [-0.05, 0) is 48.9 Å². The summed E-state index contributed by atoms with van der Waals surface area (Å²) in [7, 11) is 0. The number of carbonyl (C=O) groups excluding carboxylic acids is 1. The van der Waals surface area contributed by atoms with Crippen LogP contribution < -0.4 is 19.5 Å². The monoisotopic (exact) mass is 438 g/mol. The largest absolute Gasteiger partial charge is 0.619 e. The predicted molar refractivity (Wildman–Crippen MR) is 103 cm³/mol. The van der Waals surface area contributed by atoms with Crippen LogP contribution in [0.3, 0.4) is 0 Å². The molecule has 30 heavy (non-hydrogen) atoms. The Morgan fingerprint density at radius 2 is 1.80 bits per heavy atom. The van der Waals surface area contributed by atoms with Crippen LogP contribution in [0.4, 0.5) is 18.9 Å². The first-order valence-corrected chi connectivity index (χ1v) is 8.82. The lowest BCUT2D eigenvalue weighted by atomic mass is 10.1. The summed E-state index contributed by atoms with van der Waals surface area (Å²) in [5.74, 6) is -0.730. The van der Waals surface area contributed by atoms with Crippen molar-refractivity contribution in [2.45, 2.75) is 13.3 Å². The van der Waals surface area contributed by atoms with E-state index in [0.29, 0.717) is 15.3 Å². The second-order valence-electron chi connectivity index (χ2n) is 6.13. The molecule has 10 heteroatoms. The summed E-state index contributed by atoms with van der Waals surface area (Å²) in [4.78, 5) is 12.7. The van der Waals surface area contributed by atoms with Crippen LogP contribution >= 0.6 is 11.6 Å². The van der Waals surface area contributed by atoms with E-state index in [1.807, 2.05) is 0 Å². The molecule has 0 saturated carbocycles. The Morgan fingerprint density at radius 1 is 1.13 bits per heavy atom. The normalized spacial score (nSPS) is 11.1. The molecular weight excluding hydrogens is 425 g/mol. The van der Waals surface area contributed by atoms with E-state index in [4.69, 9.17) is 16.3 Å². The first-order valence-electron chi connectivity index (χ1n) is 8.45. The Morgan fingerprint density at radius 3 is 2.43 bits per heavy atom. The highest BCUT2D eigenvalue weighted by Crippen LogP contribution is 2.33. The van der Waals surface area contributed by atoms with E-state index in [1.165, 1.54) is 48.8 Å². The number of aryl methyl sites for hydroxylation is 1. The molecule has 0 fully saturated rings. The van der Waals surface area contributed by atoms with Gasteiger partial charge in [0.2, 0.25) is 6.20 Å². The molecule has 1 heterocycles. The number of rotatable bonds is 5. The van der Waals surface area contributed by atoms with Crippen LogP contribution in [0, 0.1) is 12.1 Å². The average Bonchev–Trinajstić information content (AvgIpc) is 2.65. The van der Waals surface area contributed by atoms with Crippen molar-refractivity contribution in [3.8, 4) is 17.2 Å². The van der Waals surface area contributed by atoms with Crippen molar-refractivity contribution in [3.05, 3.63) is 82.3 Å². The van der Waals surface area contributed by atoms with Gasteiger partial charge in [0.25, 0.3) is 5.91 Å². The lowest BCUT2D eigenvalue weighted by molar-refractivity contribution is -0.604. The van der Waals surface area contributed by atoms with Crippen LogP contribution in [-0.4, -0.2) is 12.3 Å². The fraction of sp³-hybridized carbons (Fsp3) is 0.100. The van der Waals surface area contributed by atoms with E-state index < -0.39 is 18.0 Å². The molecular formula is C20H14ClF3N2O4. The van der Waals surface area contributed by atoms with Gasteiger partial charge in [-0.1, -0.05) is 11.6 Å². The van der Waals surface area contributed by atoms with Gasteiger partial charge in [-0.3, -0.25) is 4.79 Å². The second kappa shape index (κ2) is 8.50. The molecule has 0 unspecified atom stereocenters. The Hall–Kier alpha value is -3.46. The fourth-order valence-electron chi connectivity index (χ4n) is 2.49. The van der Waals surface area contributed by atoms with Crippen LogP contribution in [0.5, 0.6) is 17.2 Å². The Balaban J connectivity index is 1.85. The summed E-state index contributed by atoms with van der Waals surface area (Å²) in [6.07, 6.45) is -2.36. The number of hydrogen-bond acceptors (Lipinski definition) is 4. The number of nitrogens with one attached hydrogen (secondary N) is 1. The van der Waals surface area contributed by atoms with Crippen LogP contribution in [0.15, 0.2) is 60.9 Å². The number of hydrogen-bond donors (Lipinski definition) is 1. The molecule has 0 radical (unpaired) electrons. The molecule has 3 aromatic rings. The molecule has 0 spiro atoms. The molecule has 156 valence electrons. The van der Waals surface area contributed by atoms with Crippen LogP contribution in [-0.2, 0) is 0 Å². The number of nitrogens with zero attached hydrogens (tertiary/aromatic N) is 1. The van der Waals surface area contributed by atoms with Crippen LogP contribution in [0.25, 0.3) is 0 Å². The average molecular weight is 439 g/mol. The molecule has 1 amide bonds. The summed E-state index contributed by atoms with van der Waals surface area (Å²) in [6.45, 7) is 1.69. The van der Waals surface area contributed by atoms with E-state index in [9.17, 15) is 23.2 Å². The van der Waals surface area contributed by atoms with Crippen molar-refractivity contribution in [2.75, 3.05) is 5.32 Å². The molecule has 0 aliphatic rings. The molecule has 2 aromatic carbocycles. The minimum absolute atomic E-state index is 0.0820. The number of aromatic nitrogens is 1. The number of ether oxygens (including phenoxy) is 2. The van der Waals surface area contributed by atoms with Crippen LogP contribution in [0.2, 0.25) is 5.02 Å². The zero-order chi connectivity index (χ0) is 21.9. The van der Waals surface area contributed by atoms with E-state index in [-0.39, 0.29) is 22.7 Å². The Kier molecular flexibility index (Phi) is 6.02. The van der Waals surface area contributed by atoms with E-state index in [2.05, 4.69) is 10.1 Å². The van der Waals surface area contributed by atoms with Gasteiger partial charge in [0, 0.05) is 17.2 Å². The number of amides is 1. The number of benzene rings is 2. The zero-order valence-corrected chi connectivity index (χ0v) is 16.1. The smallest absolute Gasteiger partial charge is 0.573 e. The second-order valence-corrected chi connectivity index (χ2v) is 6.53. The van der Waals surface area contributed by atoms with Gasteiger partial charge < -0.3 is 20.0 Å². The SMILES string of the molecule is Cc1cc(C(=O)Nc2ccc[n+]([O-])c2)c(Oc2ccc(OC(F)(F)F)cc2)cc1Cl. The van der Waals surface area contributed by atoms with Gasteiger partial charge in [-0.25, -0.2) is 0 Å². The summed E-state index contributed by atoms with van der Waals surface area (Å²) in [5.41, 5.74) is 0.994. The van der Waals surface area contributed by atoms with Gasteiger partial charge in [0.15, 0.2) is 6.20 Å². The number of carbonyl (C=O) groups is 1. The molecule has 6 nitrogen and oxygen atoms in total. The maximum absolute atomic E-state index is 12.7. The summed E-state index contributed by atoms with van der Waals surface area (Å²) < 4.78 is 46.9. The third-order valence-corrected chi connectivity index (χ3v) is 4.23. The molecule has 3 rings (SSSR count). The number of alkyl halides is 3. The number of pyridine rings is 1. The van der Waals surface area contributed by atoms with Gasteiger partial charge in [-0.2, -0.15) is 4.73 Å². The minimum Gasteiger partial charge on any atom is -0.619 e. The third kappa shape index (κ3) is 5.54. The summed E-state index contributed by atoms with van der Waals surface area (Å²) in [5, 5.41) is 14.3. The molecule has 0 aliphatic heterocycles. The van der Waals surface area contributed by atoms with E-state index >= 15 is 0 Å². The van der Waals surface area contributed by atoms with Crippen molar-refractivity contribution in [2.24, 2.45) is 0 Å². The van der Waals surface area contributed by atoms with Crippen molar-refractivity contribution < 1.29 is 32.2 Å². The van der Waals surface area contributed by atoms with Gasteiger partial charge in [0.1, 0.15) is 22.9 Å². The van der Waals surface area contributed by atoms with Gasteiger partial charge in [0.05, 0.1) is 5.56 Å². The highest BCUT2D eigenvalue weighted by molar-refractivity contribution is 6.31. The van der Waals surface area contributed by atoms with Crippen molar-refractivity contribution in [1.29, 1.82) is 0 Å². The Bertz CT molecular complexity index is 1070. The van der Waals surface area contributed by atoms with Gasteiger partial charge >= 0.3 is 6.36 Å². The van der Waals surface area contributed by atoms with Crippen LogP contribution in [0.1, 0.15) is 15.9 Å². The molecule has 0 bridgehead atoms. The summed E-state index contributed by atoms with van der Waals surface area (Å²) in [6, 6.07) is 10.6. The molecule has 0 saturated heterocycles. The lowest BCUT2D eigenvalue weighted by Crippen LogP contribution is -2.25. The highest BCUT2D eigenvalue weighted by atomic mass is 35.5. The molecule has 1 N–H and O–H groups in total. The minimum atomic E-state index is -4.81. The molecule has 1 aromatic heterocycles. The van der Waals surface area contributed by atoms with E-state index in [0.717, 1.165) is 12.1 Å². The van der Waals surface area contributed by atoms with Crippen molar-refractivity contribution in [1.82, 2.24) is 0 Å². The quantitative estimate of drug-likeness (QED) is 0.437. The standard InChI is InChI=1S/C20H14ClF3N2O4/c1-12-9-16(19(27)25-13-3-2-8-26(28)11-13)18(10-17(12)21)29-14-4-6-15(7-5-14)30-20(22,23)24/h2-11H,1H3,(H,25,27). The Labute approximate surface area is 174 Å². The first kappa shape index (κ1) is 21.3. The highest BCUT2D eigenvalue weighted by Gasteiger charge is 2.31. The summed E-state index contributed by atoms with van der Waals surface area (Å²) >= 11 is 6.13. The molecule has 0 aliphatic carbocycles. The van der Waals surface area contributed by atoms with Gasteiger partial charge in [-0.15, -0.1) is 13.2 Å². The maximum atomic E-state index is 12.7. The number of halogens is 4. The van der Waals surface area contributed by atoms with Crippen molar-refractivity contribution >= 4 is 23.2 Å². The topological polar surface area (TPSA) is 74.5 Å². The number of anilines is 1. The zero-order valence-electron chi connectivity index (χ0n) is 15.4. The molecule has 0 atom stereocenters. The maximum Gasteiger partial charge on any atom is 0.573 e. The first-order chi connectivity index (χ1) is 14.1. The van der Waals surface area contributed by atoms with E-state index in [1.54, 1.807) is 6.92 Å².